The fourth-order valence-corrected chi connectivity index (χ4v) is 1.48. The monoisotopic (exact) mass is 251 g/mol. The molecular formula is C11H11F2N5. The Morgan fingerprint density at radius 1 is 1.00 bits per heavy atom. The zero-order valence-corrected chi connectivity index (χ0v) is 9.54. The second kappa shape index (κ2) is 4.92. The van der Waals surface area contributed by atoms with Crippen LogP contribution in [0.4, 0.5) is 26.1 Å². The zero-order valence-electron chi connectivity index (χ0n) is 9.54. The van der Waals surface area contributed by atoms with Crippen LogP contribution < -0.4 is 16.6 Å². The second-order valence-corrected chi connectivity index (χ2v) is 3.61. The largest absolute Gasteiger partial charge is 0.340 e. The lowest BCUT2D eigenvalue weighted by atomic mass is 10.3. The van der Waals surface area contributed by atoms with E-state index in [2.05, 4.69) is 20.7 Å². The normalized spacial score (nSPS) is 10.2. The van der Waals surface area contributed by atoms with Crippen LogP contribution in [0.15, 0.2) is 24.3 Å². The molecule has 0 spiro atoms. The van der Waals surface area contributed by atoms with Crippen molar-refractivity contribution in [1.29, 1.82) is 0 Å². The maximum absolute atomic E-state index is 13.0. The summed E-state index contributed by atoms with van der Waals surface area (Å²) >= 11 is 0. The molecule has 1 aromatic heterocycles. The molecule has 4 N–H and O–H groups in total. The Hall–Kier alpha value is -2.28. The summed E-state index contributed by atoms with van der Waals surface area (Å²) in [6.07, 6.45) is 0. The molecule has 0 radical (unpaired) electrons. The topological polar surface area (TPSA) is 75.9 Å². The molecule has 0 atom stereocenters. The van der Waals surface area contributed by atoms with Crippen molar-refractivity contribution in [3.63, 3.8) is 0 Å². The molecule has 0 saturated heterocycles. The Bertz CT molecular complexity index is 553. The van der Waals surface area contributed by atoms with E-state index in [9.17, 15) is 8.78 Å². The van der Waals surface area contributed by atoms with E-state index < -0.39 is 11.6 Å². The minimum absolute atomic E-state index is 0.258. The Morgan fingerprint density at radius 2 is 1.61 bits per heavy atom. The molecule has 0 saturated carbocycles. The summed E-state index contributed by atoms with van der Waals surface area (Å²) in [5.74, 6) is 5.18. The van der Waals surface area contributed by atoms with E-state index in [0.717, 1.165) is 18.2 Å². The summed E-state index contributed by atoms with van der Waals surface area (Å²) in [6.45, 7) is 1.68. The van der Waals surface area contributed by atoms with Gasteiger partial charge in [-0.2, -0.15) is 0 Å². The zero-order chi connectivity index (χ0) is 13.1. The van der Waals surface area contributed by atoms with E-state index in [1.54, 1.807) is 6.92 Å². The molecule has 94 valence electrons. The van der Waals surface area contributed by atoms with Crippen LogP contribution in [-0.4, -0.2) is 9.97 Å². The van der Waals surface area contributed by atoms with Crippen molar-refractivity contribution in [2.45, 2.75) is 6.92 Å². The highest BCUT2D eigenvalue weighted by Crippen LogP contribution is 2.19. The number of rotatable bonds is 3. The van der Waals surface area contributed by atoms with E-state index >= 15 is 0 Å². The van der Waals surface area contributed by atoms with E-state index in [1.165, 1.54) is 6.07 Å². The summed E-state index contributed by atoms with van der Waals surface area (Å²) in [4.78, 5) is 8.07. The van der Waals surface area contributed by atoms with Gasteiger partial charge in [0.15, 0.2) is 0 Å². The van der Waals surface area contributed by atoms with Crippen molar-refractivity contribution >= 4 is 17.3 Å². The summed E-state index contributed by atoms with van der Waals surface area (Å²) in [5.41, 5.74) is 2.64. The van der Waals surface area contributed by atoms with Crippen LogP contribution in [-0.2, 0) is 0 Å². The molecule has 0 aliphatic carbocycles. The van der Waals surface area contributed by atoms with Crippen LogP contribution in [0.1, 0.15) is 5.82 Å². The average molecular weight is 251 g/mol. The summed E-state index contributed by atoms with van der Waals surface area (Å²) in [5, 5.41) is 2.77. The number of aryl methyl sites for hydroxylation is 1. The maximum Gasteiger partial charge on any atom is 0.145 e. The molecule has 7 heteroatoms. The van der Waals surface area contributed by atoms with E-state index in [0.29, 0.717) is 17.5 Å². The molecule has 0 amide bonds. The molecule has 1 aromatic carbocycles. The van der Waals surface area contributed by atoms with Crippen LogP contribution in [0, 0.1) is 18.6 Å². The standard InChI is InChI=1S/C11H11F2N5/c1-6-15-10(5-11(16-6)18-14)17-9-3-7(12)2-8(13)4-9/h2-5H,14H2,1H3,(H2,15,16,17,18). The Labute approximate surface area is 102 Å². The molecule has 0 aliphatic rings. The number of nitrogens with two attached hydrogens (primary N) is 1. The SMILES string of the molecule is Cc1nc(NN)cc(Nc2cc(F)cc(F)c2)n1. The highest BCUT2D eigenvalue weighted by Gasteiger charge is 2.04. The van der Waals surface area contributed by atoms with Gasteiger partial charge in [-0.25, -0.2) is 24.6 Å². The molecule has 18 heavy (non-hydrogen) atoms. The van der Waals surface area contributed by atoms with Gasteiger partial charge in [0.2, 0.25) is 0 Å². The van der Waals surface area contributed by atoms with Crippen LogP contribution in [0.5, 0.6) is 0 Å². The lowest BCUT2D eigenvalue weighted by Gasteiger charge is -2.08. The Balaban J connectivity index is 2.30. The minimum Gasteiger partial charge on any atom is -0.340 e. The third-order valence-corrected chi connectivity index (χ3v) is 2.12. The number of hydrogen-bond donors (Lipinski definition) is 3. The van der Waals surface area contributed by atoms with Gasteiger partial charge in [-0.05, 0) is 19.1 Å². The third-order valence-electron chi connectivity index (χ3n) is 2.12. The van der Waals surface area contributed by atoms with Gasteiger partial charge in [0.1, 0.15) is 29.1 Å². The predicted octanol–water partition coefficient (Wildman–Crippen LogP) is 2.09. The lowest BCUT2D eigenvalue weighted by molar-refractivity contribution is 0.584. The number of benzene rings is 1. The fraction of sp³-hybridized carbons (Fsp3) is 0.0909. The summed E-state index contributed by atoms with van der Waals surface area (Å²) in [6, 6.07) is 4.64. The van der Waals surface area contributed by atoms with Crippen molar-refractivity contribution < 1.29 is 8.78 Å². The number of nitrogens with zero attached hydrogens (tertiary/aromatic N) is 2. The molecule has 0 unspecified atom stereocenters. The quantitative estimate of drug-likeness (QED) is 0.575. The highest BCUT2D eigenvalue weighted by molar-refractivity contribution is 5.59. The van der Waals surface area contributed by atoms with E-state index in [1.807, 2.05) is 0 Å². The van der Waals surface area contributed by atoms with Crippen molar-refractivity contribution in [2.75, 3.05) is 10.7 Å². The van der Waals surface area contributed by atoms with Gasteiger partial charge in [-0.15, -0.1) is 0 Å². The van der Waals surface area contributed by atoms with Crippen LogP contribution in [0.3, 0.4) is 0 Å². The smallest absolute Gasteiger partial charge is 0.145 e. The molecule has 2 aromatic rings. The van der Waals surface area contributed by atoms with E-state index in [-0.39, 0.29) is 5.69 Å². The molecular weight excluding hydrogens is 240 g/mol. The van der Waals surface area contributed by atoms with E-state index in [4.69, 9.17) is 5.84 Å². The summed E-state index contributed by atoms with van der Waals surface area (Å²) in [7, 11) is 0. The Kier molecular flexibility index (Phi) is 3.33. The maximum atomic E-state index is 13.0. The van der Waals surface area contributed by atoms with Gasteiger partial charge in [-0.1, -0.05) is 0 Å². The van der Waals surface area contributed by atoms with Crippen molar-refractivity contribution in [2.24, 2.45) is 5.84 Å². The number of aromatic nitrogens is 2. The highest BCUT2D eigenvalue weighted by atomic mass is 19.1. The summed E-state index contributed by atoms with van der Waals surface area (Å²) < 4.78 is 26.0. The number of nitrogen functional groups attached to an aromatic ring is 1. The van der Waals surface area contributed by atoms with Gasteiger partial charge >= 0.3 is 0 Å². The minimum atomic E-state index is -0.666. The average Bonchev–Trinajstić information content (AvgIpc) is 2.26. The Morgan fingerprint density at radius 3 is 2.22 bits per heavy atom. The predicted molar refractivity (Wildman–Crippen MR) is 64.2 cm³/mol. The first-order valence-corrected chi connectivity index (χ1v) is 5.12. The number of nitrogens with one attached hydrogen (secondary N) is 2. The number of halogens is 2. The number of hydrazine groups is 1. The van der Waals surface area contributed by atoms with Crippen LogP contribution >= 0.6 is 0 Å². The first-order valence-electron chi connectivity index (χ1n) is 5.12. The molecule has 5 nitrogen and oxygen atoms in total. The van der Waals surface area contributed by atoms with Crippen molar-refractivity contribution in [3.8, 4) is 0 Å². The number of anilines is 3. The molecule has 0 bridgehead atoms. The third kappa shape index (κ3) is 2.89. The van der Waals surface area contributed by atoms with Crippen LogP contribution in [0.25, 0.3) is 0 Å². The molecule has 2 rings (SSSR count). The lowest BCUT2D eigenvalue weighted by Crippen LogP contribution is -2.10. The number of hydrogen-bond acceptors (Lipinski definition) is 5. The fourth-order valence-electron chi connectivity index (χ4n) is 1.48. The van der Waals surface area contributed by atoms with Gasteiger partial charge in [0.05, 0.1) is 0 Å². The molecule has 0 fully saturated rings. The second-order valence-electron chi connectivity index (χ2n) is 3.61. The van der Waals surface area contributed by atoms with Gasteiger partial charge in [0.25, 0.3) is 0 Å². The van der Waals surface area contributed by atoms with Gasteiger partial charge in [-0.3, -0.25) is 0 Å². The van der Waals surface area contributed by atoms with Gasteiger partial charge in [0, 0.05) is 17.8 Å². The van der Waals surface area contributed by atoms with Crippen molar-refractivity contribution in [3.05, 3.63) is 41.7 Å². The first kappa shape index (κ1) is 12.2. The van der Waals surface area contributed by atoms with Crippen LogP contribution in [0.2, 0.25) is 0 Å². The molecule has 0 aliphatic heterocycles. The first-order chi connectivity index (χ1) is 8.56. The molecule has 1 heterocycles. The van der Waals surface area contributed by atoms with Gasteiger partial charge < -0.3 is 10.7 Å². The van der Waals surface area contributed by atoms with Crippen molar-refractivity contribution in [1.82, 2.24) is 9.97 Å².